The number of carbonyl (C=O) groups excluding carboxylic acids is 1. The average Bonchev–Trinajstić information content (AvgIpc) is 2.89. The summed E-state index contributed by atoms with van der Waals surface area (Å²) in [5.74, 6) is 0.158. The van der Waals surface area contributed by atoms with Gasteiger partial charge in [0.1, 0.15) is 0 Å². The van der Waals surface area contributed by atoms with Crippen molar-refractivity contribution in [1.29, 1.82) is 0 Å². The molecule has 2 N–H and O–H groups in total. The molecule has 0 saturated carbocycles. The number of nitrogens with one attached hydrogen (secondary N) is 2. The Labute approximate surface area is 134 Å². The van der Waals surface area contributed by atoms with E-state index in [1.165, 1.54) is 17.5 Å². The topological polar surface area (TPSA) is 41.1 Å². The molecule has 0 radical (unpaired) electrons. The largest absolute Gasteiger partial charge is 0.355 e. The molecular formula is C17H27ClN2O. The smallest absolute Gasteiger partial charge is 0.221 e. The number of rotatable bonds is 5. The van der Waals surface area contributed by atoms with Crippen molar-refractivity contribution in [3.63, 3.8) is 0 Å². The highest BCUT2D eigenvalue weighted by molar-refractivity contribution is 5.85. The molecule has 1 fully saturated rings. The molecule has 0 aromatic heterocycles. The zero-order valence-corrected chi connectivity index (χ0v) is 14.1. The molecule has 1 amide bonds. The summed E-state index contributed by atoms with van der Waals surface area (Å²) in [6, 6.07) is 8.89. The molecule has 21 heavy (non-hydrogen) atoms. The van der Waals surface area contributed by atoms with Crippen LogP contribution >= 0.6 is 12.4 Å². The summed E-state index contributed by atoms with van der Waals surface area (Å²) in [7, 11) is 0. The van der Waals surface area contributed by atoms with Crippen LogP contribution in [0.1, 0.15) is 44.2 Å². The molecule has 1 aromatic carbocycles. The minimum atomic E-state index is -0.0369. The summed E-state index contributed by atoms with van der Waals surface area (Å²) in [5, 5.41) is 6.45. The Morgan fingerprint density at radius 1 is 1.43 bits per heavy atom. The van der Waals surface area contributed by atoms with E-state index in [-0.39, 0.29) is 23.7 Å². The summed E-state index contributed by atoms with van der Waals surface area (Å²) in [6.45, 7) is 8.18. The monoisotopic (exact) mass is 310 g/mol. The Morgan fingerprint density at radius 2 is 2.19 bits per heavy atom. The number of amides is 1. The van der Waals surface area contributed by atoms with E-state index in [0.29, 0.717) is 19.0 Å². The van der Waals surface area contributed by atoms with Gasteiger partial charge in [-0.15, -0.1) is 12.4 Å². The third-order valence-electron chi connectivity index (χ3n) is 4.12. The fourth-order valence-corrected chi connectivity index (χ4v) is 2.71. The van der Waals surface area contributed by atoms with Gasteiger partial charge in [0.05, 0.1) is 0 Å². The minimum Gasteiger partial charge on any atom is -0.355 e. The van der Waals surface area contributed by atoms with E-state index in [1.807, 2.05) is 0 Å². The molecule has 0 aliphatic carbocycles. The lowest BCUT2D eigenvalue weighted by atomic mass is 9.84. The zero-order chi connectivity index (χ0) is 14.6. The van der Waals surface area contributed by atoms with Gasteiger partial charge < -0.3 is 10.6 Å². The molecule has 3 nitrogen and oxygen atoms in total. The minimum absolute atomic E-state index is 0. The summed E-state index contributed by atoms with van der Waals surface area (Å²) in [4.78, 5) is 12.0. The van der Waals surface area contributed by atoms with Crippen LogP contribution in [0, 0.1) is 6.92 Å². The predicted molar refractivity (Wildman–Crippen MR) is 90.1 cm³/mol. The van der Waals surface area contributed by atoms with Gasteiger partial charge in [0.25, 0.3) is 0 Å². The first kappa shape index (κ1) is 18.0. The molecule has 1 aliphatic rings. The van der Waals surface area contributed by atoms with Gasteiger partial charge in [-0.05, 0) is 31.9 Å². The predicted octanol–water partition coefficient (Wildman–Crippen LogP) is 2.95. The maximum absolute atomic E-state index is 12.0. The van der Waals surface area contributed by atoms with Gasteiger partial charge in [-0.1, -0.05) is 43.7 Å². The quantitative estimate of drug-likeness (QED) is 0.878. The summed E-state index contributed by atoms with van der Waals surface area (Å²) in [6.07, 6.45) is 2.91. The maximum Gasteiger partial charge on any atom is 0.221 e. The highest BCUT2D eigenvalue weighted by Gasteiger charge is 2.23. The van der Waals surface area contributed by atoms with Crippen LogP contribution in [-0.4, -0.2) is 25.0 Å². The molecule has 1 heterocycles. The van der Waals surface area contributed by atoms with Crippen LogP contribution in [0.3, 0.4) is 0 Å². The number of hydrogen-bond acceptors (Lipinski definition) is 2. The highest BCUT2D eigenvalue weighted by atomic mass is 35.5. The van der Waals surface area contributed by atoms with Crippen molar-refractivity contribution in [2.24, 2.45) is 0 Å². The van der Waals surface area contributed by atoms with Crippen molar-refractivity contribution in [3.05, 3.63) is 35.4 Å². The van der Waals surface area contributed by atoms with Crippen LogP contribution in [0.4, 0.5) is 0 Å². The van der Waals surface area contributed by atoms with Gasteiger partial charge in [0, 0.05) is 24.4 Å². The molecule has 118 valence electrons. The van der Waals surface area contributed by atoms with Crippen LogP contribution < -0.4 is 10.6 Å². The van der Waals surface area contributed by atoms with Gasteiger partial charge in [-0.2, -0.15) is 0 Å². The van der Waals surface area contributed by atoms with Crippen molar-refractivity contribution in [3.8, 4) is 0 Å². The molecule has 0 bridgehead atoms. The second-order valence-electron chi connectivity index (χ2n) is 6.53. The van der Waals surface area contributed by atoms with Gasteiger partial charge in [0.2, 0.25) is 5.91 Å². The van der Waals surface area contributed by atoms with E-state index in [4.69, 9.17) is 0 Å². The molecule has 1 unspecified atom stereocenters. The lowest BCUT2D eigenvalue weighted by Gasteiger charge is -2.26. The van der Waals surface area contributed by atoms with E-state index in [0.717, 1.165) is 13.0 Å². The van der Waals surface area contributed by atoms with E-state index in [9.17, 15) is 4.79 Å². The Kier molecular flexibility index (Phi) is 6.69. The van der Waals surface area contributed by atoms with Gasteiger partial charge >= 0.3 is 0 Å². The van der Waals surface area contributed by atoms with Crippen molar-refractivity contribution in [2.45, 2.75) is 51.5 Å². The summed E-state index contributed by atoms with van der Waals surface area (Å²) < 4.78 is 0. The molecule has 4 heteroatoms. The standard InChI is InChI=1S/C17H26N2O.ClH/c1-13-6-4-7-14(10-13)17(2,3)12-19-16(20)11-15-8-5-9-18-15;/h4,6-7,10,15,18H,5,8-9,11-12H2,1-3H3,(H,19,20);1H. The number of aryl methyl sites for hydroxylation is 1. The van der Waals surface area contributed by atoms with Crippen LogP contribution in [0.25, 0.3) is 0 Å². The number of carbonyl (C=O) groups is 1. The van der Waals surface area contributed by atoms with Crippen molar-refractivity contribution in [2.75, 3.05) is 13.1 Å². The second kappa shape index (κ2) is 7.81. The van der Waals surface area contributed by atoms with Crippen molar-refractivity contribution < 1.29 is 4.79 Å². The fourth-order valence-electron chi connectivity index (χ4n) is 2.71. The highest BCUT2D eigenvalue weighted by Crippen LogP contribution is 2.23. The van der Waals surface area contributed by atoms with E-state index < -0.39 is 0 Å². The van der Waals surface area contributed by atoms with Crippen LogP contribution in [0.15, 0.2) is 24.3 Å². The van der Waals surface area contributed by atoms with Gasteiger partial charge in [-0.3, -0.25) is 4.79 Å². The Morgan fingerprint density at radius 3 is 2.81 bits per heavy atom. The molecule has 1 atom stereocenters. The Bertz CT molecular complexity index is 468. The second-order valence-corrected chi connectivity index (χ2v) is 6.53. The molecule has 1 aromatic rings. The lowest BCUT2D eigenvalue weighted by molar-refractivity contribution is -0.121. The third-order valence-corrected chi connectivity index (χ3v) is 4.12. The first-order valence-electron chi connectivity index (χ1n) is 7.54. The fraction of sp³-hybridized carbons (Fsp3) is 0.588. The third kappa shape index (κ3) is 5.33. The zero-order valence-electron chi connectivity index (χ0n) is 13.2. The molecule has 1 saturated heterocycles. The first-order valence-corrected chi connectivity index (χ1v) is 7.54. The summed E-state index contributed by atoms with van der Waals surface area (Å²) >= 11 is 0. The number of hydrogen-bond donors (Lipinski definition) is 2. The lowest BCUT2D eigenvalue weighted by Crippen LogP contribution is -2.39. The molecule has 1 aliphatic heterocycles. The SMILES string of the molecule is Cc1cccc(C(C)(C)CNC(=O)CC2CCCN2)c1.Cl. The normalized spacial score (nSPS) is 18.1. The van der Waals surface area contributed by atoms with Crippen LogP contribution in [0.5, 0.6) is 0 Å². The van der Waals surface area contributed by atoms with Gasteiger partial charge in [-0.25, -0.2) is 0 Å². The molecular weight excluding hydrogens is 284 g/mol. The average molecular weight is 311 g/mol. The van der Waals surface area contributed by atoms with Gasteiger partial charge in [0.15, 0.2) is 0 Å². The number of benzene rings is 1. The summed E-state index contributed by atoms with van der Waals surface area (Å²) in [5.41, 5.74) is 2.50. The van der Waals surface area contributed by atoms with E-state index >= 15 is 0 Å². The first-order chi connectivity index (χ1) is 9.47. The Balaban J connectivity index is 0.00000220. The van der Waals surface area contributed by atoms with Crippen LogP contribution in [0.2, 0.25) is 0 Å². The molecule has 0 spiro atoms. The van der Waals surface area contributed by atoms with Crippen LogP contribution in [-0.2, 0) is 10.2 Å². The Hall–Kier alpha value is -1.06. The van der Waals surface area contributed by atoms with E-state index in [2.05, 4.69) is 55.7 Å². The molecule has 2 rings (SSSR count). The number of halogens is 1. The van der Waals surface area contributed by atoms with Crippen molar-refractivity contribution in [1.82, 2.24) is 10.6 Å². The van der Waals surface area contributed by atoms with Crippen molar-refractivity contribution >= 4 is 18.3 Å². The van der Waals surface area contributed by atoms with E-state index in [1.54, 1.807) is 0 Å². The maximum atomic E-state index is 12.0.